The molecule has 0 radical (unpaired) electrons. The maximum absolute atomic E-state index is 13.2. The topological polar surface area (TPSA) is 29.9 Å². The second kappa shape index (κ2) is 5.87. The maximum atomic E-state index is 13.2. The minimum atomic E-state index is -0.209. The predicted molar refractivity (Wildman–Crippen MR) is 75.7 cm³/mol. The molecule has 0 saturated carbocycles. The van der Waals surface area contributed by atoms with E-state index in [1.165, 1.54) is 6.07 Å². The standard InChI is InChI=1S/C15H20FN3/c1-4-8-19-10-11(2)17-15(19)18-12(3)13-6-5-7-14(16)9-13/h5-7,9-10,12H,4,8H2,1-3H3,(H,17,18). The van der Waals surface area contributed by atoms with E-state index >= 15 is 0 Å². The lowest BCUT2D eigenvalue weighted by molar-refractivity contribution is 0.623. The molecule has 2 rings (SSSR count). The van der Waals surface area contributed by atoms with Crippen LogP contribution >= 0.6 is 0 Å². The Morgan fingerprint density at radius 3 is 2.89 bits per heavy atom. The molecular formula is C15H20FN3. The molecule has 1 N–H and O–H groups in total. The number of hydrogen-bond acceptors (Lipinski definition) is 2. The van der Waals surface area contributed by atoms with E-state index in [0.717, 1.165) is 30.2 Å². The van der Waals surface area contributed by atoms with Crippen LogP contribution in [0.5, 0.6) is 0 Å². The number of aromatic nitrogens is 2. The molecule has 0 aliphatic rings. The van der Waals surface area contributed by atoms with Crippen LogP contribution in [0.2, 0.25) is 0 Å². The molecule has 102 valence electrons. The molecule has 0 bridgehead atoms. The van der Waals surface area contributed by atoms with Gasteiger partial charge < -0.3 is 9.88 Å². The van der Waals surface area contributed by atoms with Crippen LogP contribution in [0.25, 0.3) is 0 Å². The lowest BCUT2D eigenvalue weighted by Crippen LogP contribution is -2.12. The van der Waals surface area contributed by atoms with Crippen molar-refractivity contribution in [3.63, 3.8) is 0 Å². The van der Waals surface area contributed by atoms with Gasteiger partial charge in [-0.1, -0.05) is 19.1 Å². The van der Waals surface area contributed by atoms with Crippen molar-refractivity contribution in [3.05, 3.63) is 47.5 Å². The van der Waals surface area contributed by atoms with Crippen LogP contribution in [0, 0.1) is 12.7 Å². The first-order chi connectivity index (χ1) is 9.10. The number of hydrogen-bond donors (Lipinski definition) is 1. The summed E-state index contributed by atoms with van der Waals surface area (Å²) < 4.78 is 15.3. The zero-order valence-corrected chi connectivity index (χ0v) is 11.7. The Bertz CT molecular complexity index is 548. The molecule has 19 heavy (non-hydrogen) atoms. The van der Waals surface area contributed by atoms with Crippen LogP contribution in [-0.4, -0.2) is 9.55 Å². The van der Waals surface area contributed by atoms with E-state index in [2.05, 4.69) is 21.8 Å². The number of rotatable bonds is 5. The highest BCUT2D eigenvalue weighted by atomic mass is 19.1. The summed E-state index contributed by atoms with van der Waals surface area (Å²) in [5.74, 6) is 0.635. The number of nitrogens with one attached hydrogen (secondary N) is 1. The predicted octanol–water partition coefficient (Wildman–Crippen LogP) is 3.91. The minimum absolute atomic E-state index is 0.0214. The third-order valence-corrected chi connectivity index (χ3v) is 3.06. The Hall–Kier alpha value is -1.84. The second-order valence-electron chi connectivity index (χ2n) is 4.82. The largest absolute Gasteiger partial charge is 0.349 e. The molecule has 2 aromatic rings. The van der Waals surface area contributed by atoms with Crippen molar-refractivity contribution in [3.8, 4) is 0 Å². The van der Waals surface area contributed by atoms with Gasteiger partial charge in [-0.05, 0) is 38.0 Å². The summed E-state index contributed by atoms with van der Waals surface area (Å²) in [7, 11) is 0. The number of benzene rings is 1. The van der Waals surface area contributed by atoms with Crippen molar-refractivity contribution in [2.45, 2.75) is 39.8 Å². The fourth-order valence-electron chi connectivity index (χ4n) is 2.13. The number of halogens is 1. The van der Waals surface area contributed by atoms with E-state index in [1.54, 1.807) is 12.1 Å². The molecule has 1 aromatic carbocycles. The van der Waals surface area contributed by atoms with Crippen molar-refractivity contribution in [2.24, 2.45) is 0 Å². The van der Waals surface area contributed by atoms with Gasteiger partial charge in [0, 0.05) is 12.7 Å². The number of aryl methyl sites for hydroxylation is 2. The van der Waals surface area contributed by atoms with Gasteiger partial charge in [0.1, 0.15) is 5.82 Å². The highest BCUT2D eigenvalue weighted by Crippen LogP contribution is 2.20. The third-order valence-electron chi connectivity index (χ3n) is 3.06. The van der Waals surface area contributed by atoms with E-state index in [9.17, 15) is 4.39 Å². The lowest BCUT2D eigenvalue weighted by atomic mass is 10.1. The summed E-state index contributed by atoms with van der Waals surface area (Å²) >= 11 is 0. The van der Waals surface area contributed by atoms with Crippen LogP contribution in [0.1, 0.15) is 37.6 Å². The van der Waals surface area contributed by atoms with Gasteiger partial charge in [0.2, 0.25) is 5.95 Å². The molecule has 1 heterocycles. The molecule has 0 saturated heterocycles. The van der Waals surface area contributed by atoms with E-state index in [-0.39, 0.29) is 11.9 Å². The molecule has 1 unspecified atom stereocenters. The van der Waals surface area contributed by atoms with Gasteiger partial charge in [-0.3, -0.25) is 0 Å². The Kier molecular flexibility index (Phi) is 4.20. The molecular weight excluding hydrogens is 241 g/mol. The van der Waals surface area contributed by atoms with Gasteiger partial charge in [0.25, 0.3) is 0 Å². The smallest absolute Gasteiger partial charge is 0.203 e. The van der Waals surface area contributed by atoms with Crippen molar-refractivity contribution in [2.75, 3.05) is 5.32 Å². The number of imidazole rings is 1. The normalized spacial score (nSPS) is 12.4. The Morgan fingerprint density at radius 1 is 1.42 bits per heavy atom. The van der Waals surface area contributed by atoms with Crippen LogP contribution in [-0.2, 0) is 6.54 Å². The molecule has 1 aromatic heterocycles. The highest BCUT2D eigenvalue weighted by molar-refractivity contribution is 5.34. The monoisotopic (exact) mass is 261 g/mol. The van der Waals surface area contributed by atoms with Crippen LogP contribution < -0.4 is 5.32 Å². The molecule has 4 heteroatoms. The van der Waals surface area contributed by atoms with E-state index in [1.807, 2.05) is 26.1 Å². The average molecular weight is 261 g/mol. The number of anilines is 1. The molecule has 0 aliphatic carbocycles. The van der Waals surface area contributed by atoms with Crippen LogP contribution in [0.15, 0.2) is 30.5 Å². The Balaban J connectivity index is 2.16. The van der Waals surface area contributed by atoms with E-state index in [0.29, 0.717) is 0 Å². The first-order valence-corrected chi connectivity index (χ1v) is 6.66. The van der Waals surface area contributed by atoms with Gasteiger partial charge in [-0.15, -0.1) is 0 Å². The minimum Gasteiger partial charge on any atom is -0.349 e. The first-order valence-electron chi connectivity index (χ1n) is 6.66. The second-order valence-corrected chi connectivity index (χ2v) is 4.82. The summed E-state index contributed by atoms with van der Waals surface area (Å²) in [5.41, 5.74) is 1.91. The molecule has 1 atom stereocenters. The van der Waals surface area contributed by atoms with Gasteiger partial charge in [0.15, 0.2) is 0 Å². The molecule has 0 aliphatic heterocycles. The fraction of sp³-hybridized carbons (Fsp3) is 0.400. The third kappa shape index (κ3) is 3.34. The van der Waals surface area contributed by atoms with Gasteiger partial charge in [0.05, 0.1) is 11.7 Å². The summed E-state index contributed by atoms with van der Waals surface area (Å²) in [6.07, 6.45) is 3.09. The SMILES string of the molecule is CCCn1cc(C)nc1NC(C)c1cccc(F)c1. The van der Waals surface area contributed by atoms with E-state index in [4.69, 9.17) is 0 Å². The fourth-order valence-corrected chi connectivity index (χ4v) is 2.13. The van der Waals surface area contributed by atoms with Crippen molar-refractivity contribution in [1.82, 2.24) is 9.55 Å². The van der Waals surface area contributed by atoms with Crippen LogP contribution in [0.4, 0.5) is 10.3 Å². The Labute approximate surface area is 113 Å². The molecule has 0 spiro atoms. The summed E-state index contributed by atoms with van der Waals surface area (Å²) in [4.78, 5) is 4.48. The quantitative estimate of drug-likeness (QED) is 0.884. The molecule has 0 fully saturated rings. The van der Waals surface area contributed by atoms with Crippen molar-refractivity contribution in [1.29, 1.82) is 0 Å². The lowest BCUT2D eigenvalue weighted by Gasteiger charge is -2.16. The van der Waals surface area contributed by atoms with Crippen molar-refractivity contribution >= 4 is 5.95 Å². The van der Waals surface area contributed by atoms with Gasteiger partial charge >= 0.3 is 0 Å². The zero-order chi connectivity index (χ0) is 13.8. The van der Waals surface area contributed by atoms with Crippen LogP contribution in [0.3, 0.4) is 0 Å². The highest BCUT2D eigenvalue weighted by Gasteiger charge is 2.10. The summed E-state index contributed by atoms with van der Waals surface area (Å²) in [6, 6.07) is 6.68. The average Bonchev–Trinajstić information content (AvgIpc) is 2.70. The summed E-state index contributed by atoms with van der Waals surface area (Å²) in [5, 5.41) is 3.34. The molecule has 0 amide bonds. The van der Waals surface area contributed by atoms with Gasteiger partial charge in [-0.25, -0.2) is 9.37 Å². The Morgan fingerprint density at radius 2 is 2.21 bits per heavy atom. The van der Waals surface area contributed by atoms with Crippen molar-refractivity contribution < 1.29 is 4.39 Å². The first kappa shape index (κ1) is 13.6. The maximum Gasteiger partial charge on any atom is 0.203 e. The molecule has 3 nitrogen and oxygen atoms in total. The summed E-state index contributed by atoms with van der Waals surface area (Å²) in [6.45, 7) is 7.05. The zero-order valence-electron chi connectivity index (χ0n) is 11.7. The number of nitrogens with zero attached hydrogens (tertiary/aromatic N) is 2. The van der Waals surface area contributed by atoms with E-state index < -0.39 is 0 Å². The van der Waals surface area contributed by atoms with Gasteiger partial charge in [-0.2, -0.15) is 0 Å².